The summed E-state index contributed by atoms with van der Waals surface area (Å²) < 4.78 is 4.94. The fraction of sp³-hybridized carbons (Fsp3) is 0.333. The molecule has 1 N–H and O–H groups in total. The van der Waals surface area contributed by atoms with E-state index in [-0.39, 0.29) is 5.69 Å². The maximum Gasteiger partial charge on any atom is 0.354 e. The van der Waals surface area contributed by atoms with E-state index in [2.05, 4.69) is 4.98 Å². The standard InChI is InChI=1S/C9H11NO3/c1-3-6-4-7(13-2)5-8(10-6)9(11)12/h4-5H,3H2,1-2H3,(H,11,12). The van der Waals surface area contributed by atoms with Crippen LogP contribution in [0.15, 0.2) is 12.1 Å². The first-order valence-electron chi connectivity index (χ1n) is 3.95. The van der Waals surface area contributed by atoms with E-state index in [0.717, 1.165) is 5.69 Å². The van der Waals surface area contributed by atoms with Crippen molar-refractivity contribution in [3.63, 3.8) is 0 Å². The topological polar surface area (TPSA) is 59.4 Å². The van der Waals surface area contributed by atoms with Gasteiger partial charge in [0.1, 0.15) is 5.75 Å². The lowest BCUT2D eigenvalue weighted by molar-refractivity contribution is 0.0689. The lowest BCUT2D eigenvalue weighted by Gasteiger charge is -2.03. The predicted octanol–water partition coefficient (Wildman–Crippen LogP) is 1.35. The first kappa shape index (κ1) is 9.51. The quantitative estimate of drug-likeness (QED) is 0.764. The van der Waals surface area contributed by atoms with Crippen molar-refractivity contribution in [1.29, 1.82) is 0 Å². The molecule has 0 fully saturated rings. The summed E-state index contributed by atoms with van der Waals surface area (Å²) in [5, 5.41) is 8.71. The molecule has 0 aliphatic carbocycles. The Labute approximate surface area is 76.2 Å². The predicted molar refractivity (Wildman–Crippen MR) is 47.1 cm³/mol. The second kappa shape index (κ2) is 3.89. The van der Waals surface area contributed by atoms with Gasteiger partial charge in [0.25, 0.3) is 0 Å². The van der Waals surface area contributed by atoms with Crippen LogP contribution in [0.2, 0.25) is 0 Å². The maximum atomic E-state index is 10.6. The number of aromatic nitrogens is 1. The molecule has 4 nitrogen and oxygen atoms in total. The van der Waals surface area contributed by atoms with Crippen LogP contribution in [0, 0.1) is 0 Å². The molecule has 70 valence electrons. The summed E-state index contributed by atoms with van der Waals surface area (Å²) in [6.07, 6.45) is 0.692. The number of nitrogens with zero attached hydrogens (tertiary/aromatic N) is 1. The van der Waals surface area contributed by atoms with Gasteiger partial charge in [-0.3, -0.25) is 0 Å². The van der Waals surface area contributed by atoms with Gasteiger partial charge in [0.2, 0.25) is 0 Å². The summed E-state index contributed by atoms with van der Waals surface area (Å²) in [7, 11) is 1.50. The summed E-state index contributed by atoms with van der Waals surface area (Å²) in [5.41, 5.74) is 0.743. The minimum atomic E-state index is -1.03. The second-order valence-corrected chi connectivity index (χ2v) is 2.54. The summed E-state index contributed by atoms with van der Waals surface area (Å²) in [6, 6.07) is 3.13. The van der Waals surface area contributed by atoms with Crippen LogP contribution in [-0.4, -0.2) is 23.2 Å². The lowest BCUT2D eigenvalue weighted by Crippen LogP contribution is -2.03. The van der Waals surface area contributed by atoms with Crippen LogP contribution in [0.4, 0.5) is 0 Å². The van der Waals surface area contributed by atoms with Crippen molar-refractivity contribution < 1.29 is 14.6 Å². The highest BCUT2D eigenvalue weighted by Gasteiger charge is 2.07. The van der Waals surface area contributed by atoms with E-state index >= 15 is 0 Å². The molecule has 1 aromatic rings. The Morgan fingerprint density at radius 3 is 2.77 bits per heavy atom. The van der Waals surface area contributed by atoms with Crippen LogP contribution >= 0.6 is 0 Å². The fourth-order valence-corrected chi connectivity index (χ4v) is 0.968. The maximum absolute atomic E-state index is 10.6. The third-order valence-corrected chi connectivity index (χ3v) is 1.67. The van der Waals surface area contributed by atoms with E-state index in [1.54, 1.807) is 6.07 Å². The van der Waals surface area contributed by atoms with Gasteiger partial charge in [0, 0.05) is 17.8 Å². The summed E-state index contributed by atoms with van der Waals surface area (Å²) >= 11 is 0. The first-order valence-corrected chi connectivity index (χ1v) is 3.95. The SMILES string of the molecule is CCc1cc(OC)cc(C(=O)O)n1. The summed E-state index contributed by atoms with van der Waals surface area (Å²) in [5.74, 6) is -0.502. The minimum absolute atomic E-state index is 0.0243. The zero-order valence-electron chi connectivity index (χ0n) is 7.57. The lowest BCUT2D eigenvalue weighted by atomic mass is 10.2. The van der Waals surface area contributed by atoms with Gasteiger partial charge in [0.05, 0.1) is 7.11 Å². The Kier molecular flexibility index (Phi) is 2.84. The number of carboxylic acid groups (broad SMARTS) is 1. The van der Waals surface area contributed by atoms with Gasteiger partial charge < -0.3 is 9.84 Å². The monoisotopic (exact) mass is 181 g/mol. The van der Waals surface area contributed by atoms with Gasteiger partial charge in [0.15, 0.2) is 5.69 Å². The third kappa shape index (κ3) is 2.18. The molecule has 0 bridgehead atoms. The number of ether oxygens (including phenoxy) is 1. The van der Waals surface area contributed by atoms with Crippen LogP contribution in [0.25, 0.3) is 0 Å². The summed E-state index contributed by atoms with van der Waals surface area (Å²) in [6.45, 7) is 1.91. The molecular formula is C9H11NO3. The normalized spacial score (nSPS) is 9.69. The van der Waals surface area contributed by atoms with Crippen molar-refractivity contribution in [3.05, 3.63) is 23.5 Å². The molecule has 4 heteroatoms. The molecule has 0 saturated heterocycles. The third-order valence-electron chi connectivity index (χ3n) is 1.67. The van der Waals surface area contributed by atoms with Crippen LogP contribution in [0.1, 0.15) is 23.1 Å². The molecule has 0 aliphatic rings. The van der Waals surface area contributed by atoms with Crippen LogP contribution in [-0.2, 0) is 6.42 Å². The molecule has 1 rings (SSSR count). The van der Waals surface area contributed by atoms with Gasteiger partial charge in [-0.25, -0.2) is 9.78 Å². The average Bonchev–Trinajstić information content (AvgIpc) is 2.16. The zero-order valence-corrected chi connectivity index (χ0v) is 7.57. The van der Waals surface area contributed by atoms with Crippen molar-refractivity contribution in [2.45, 2.75) is 13.3 Å². The highest BCUT2D eigenvalue weighted by molar-refractivity contribution is 5.85. The Bertz CT molecular complexity index is 300. The molecule has 0 amide bonds. The van der Waals surface area contributed by atoms with Gasteiger partial charge in [-0.15, -0.1) is 0 Å². The van der Waals surface area contributed by atoms with Crippen LogP contribution in [0.3, 0.4) is 0 Å². The number of hydrogen-bond donors (Lipinski definition) is 1. The summed E-state index contributed by atoms with van der Waals surface area (Å²) in [4.78, 5) is 14.5. The van der Waals surface area contributed by atoms with E-state index < -0.39 is 5.97 Å². The second-order valence-electron chi connectivity index (χ2n) is 2.54. The van der Waals surface area contributed by atoms with E-state index in [1.807, 2.05) is 6.92 Å². The molecular weight excluding hydrogens is 170 g/mol. The Hall–Kier alpha value is -1.58. The molecule has 0 radical (unpaired) electrons. The molecule has 13 heavy (non-hydrogen) atoms. The molecule has 0 spiro atoms. The van der Waals surface area contributed by atoms with Crippen molar-refractivity contribution in [1.82, 2.24) is 4.98 Å². The number of carbonyl (C=O) groups is 1. The van der Waals surface area contributed by atoms with E-state index in [4.69, 9.17) is 9.84 Å². The molecule has 0 saturated carbocycles. The molecule has 0 unspecified atom stereocenters. The molecule has 0 atom stereocenters. The Morgan fingerprint density at radius 2 is 2.31 bits per heavy atom. The number of methoxy groups -OCH3 is 1. The fourth-order valence-electron chi connectivity index (χ4n) is 0.968. The Balaban J connectivity index is 3.14. The number of rotatable bonds is 3. The van der Waals surface area contributed by atoms with Gasteiger partial charge in [-0.2, -0.15) is 0 Å². The van der Waals surface area contributed by atoms with Crippen LogP contribution < -0.4 is 4.74 Å². The molecule has 1 heterocycles. The average molecular weight is 181 g/mol. The van der Waals surface area contributed by atoms with Crippen molar-refractivity contribution in [3.8, 4) is 5.75 Å². The number of hydrogen-bond acceptors (Lipinski definition) is 3. The molecule has 0 aliphatic heterocycles. The van der Waals surface area contributed by atoms with E-state index in [9.17, 15) is 4.79 Å². The van der Waals surface area contributed by atoms with Gasteiger partial charge in [-0.05, 0) is 6.42 Å². The zero-order chi connectivity index (χ0) is 9.84. The van der Waals surface area contributed by atoms with E-state index in [0.29, 0.717) is 12.2 Å². The largest absolute Gasteiger partial charge is 0.497 e. The first-order chi connectivity index (χ1) is 6.17. The minimum Gasteiger partial charge on any atom is -0.497 e. The number of pyridine rings is 1. The van der Waals surface area contributed by atoms with Crippen molar-refractivity contribution >= 4 is 5.97 Å². The molecule has 0 aromatic carbocycles. The number of aryl methyl sites for hydroxylation is 1. The molecule has 1 aromatic heterocycles. The number of aromatic carboxylic acids is 1. The van der Waals surface area contributed by atoms with Crippen molar-refractivity contribution in [2.24, 2.45) is 0 Å². The highest BCUT2D eigenvalue weighted by atomic mass is 16.5. The Morgan fingerprint density at radius 1 is 1.62 bits per heavy atom. The smallest absolute Gasteiger partial charge is 0.354 e. The highest BCUT2D eigenvalue weighted by Crippen LogP contribution is 2.14. The van der Waals surface area contributed by atoms with Crippen molar-refractivity contribution in [2.75, 3.05) is 7.11 Å². The number of carboxylic acids is 1. The van der Waals surface area contributed by atoms with Gasteiger partial charge >= 0.3 is 5.97 Å². The van der Waals surface area contributed by atoms with E-state index in [1.165, 1.54) is 13.2 Å². The van der Waals surface area contributed by atoms with Crippen LogP contribution in [0.5, 0.6) is 5.75 Å². The van der Waals surface area contributed by atoms with Gasteiger partial charge in [-0.1, -0.05) is 6.92 Å².